The van der Waals surface area contributed by atoms with E-state index in [4.69, 9.17) is 4.74 Å². The number of pyridine rings is 1. The minimum Gasteiger partial charge on any atom is -0.447 e. The second-order valence-electron chi connectivity index (χ2n) is 4.71. The zero-order valence-corrected chi connectivity index (χ0v) is 11.5. The Morgan fingerprint density at radius 2 is 1.87 bits per heavy atom. The second-order valence-corrected chi connectivity index (χ2v) is 4.71. The number of nitrogens with zero attached hydrogens (tertiary/aromatic N) is 2. The summed E-state index contributed by atoms with van der Waals surface area (Å²) in [6, 6.07) is 8.03. The maximum Gasteiger partial charge on any atom is 0.429 e. The molecule has 1 atom stereocenters. The maximum absolute atomic E-state index is 13.2. The normalized spacial score (nSPS) is 13.0. The van der Waals surface area contributed by atoms with Crippen LogP contribution in [-0.2, 0) is 0 Å². The van der Waals surface area contributed by atoms with Crippen LogP contribution in [0.5, 0.6) is 6.01 Å². The Hall–Kier alpha value is -2.90. The van der Waals surface area contributed by atoms with Gasteiger partial charge in [-0.05, 0) is 6.07 Å². The van der Waals surface area contributed by atoms with Gasteiger partial charge in [0.05, 0.1) is 17.1 Å². The van der Waals surface area contributed by atoms with E-state index in [2.05, 4.69) is 15.0 Å². The van der Waals surface area contributed by atoms with Crippen LogP contribution < -0.4 is 10.3 Å². The molecule has 0 spiro atoms. The van der Waals surface area contributed by atoms with Crippen LogP contribution in [0.15, 0.2) is 53.6 Å². The van der Waals surface area contributed by atoms with Crippen molar-refractivity contribution in [3.8, 4) is 6.01 Å². The number of rotatable bonds is 3. The zero-order valence-electron chi connectivity index (χ0n) is 11.5. The van der Waals surface area contributed by atoms with E-state index < -0.39 is 23.8 Å². The Balaban J connectivity index is 2.02. The van der Waals surface area contributed by atoms with Crippen LogP contribution in [0.3, 0.4) is 0 Å². The summed E-state index contributed by atoms with van der Waals surface area (Å²) in [4.78, 5) is 21.8. The summed E-state index contributed by atoms with van der Waals surface area (Å²) in [5.74, 6) is 0. The van der Waals surface area contributed by atoms with Crippen molar-refractivity contribution >= 4 is 10.9 Å². The summed E-state index contributed by atoms with van der Waals surface area (Å²) in [6.07, 6.45) is -4.23. The second kappa shape index (κ2) is 5.71. The highest BCUT2D eigenvalue weighted by Gasteiger charge is 2.43. The van der Waals surface area contributed by atoms with E-state index in [1.54, 1.807) is 6.07 Å². The first-order valence-corrected chi connectivity index (χ1v) is 6.57. The molecule has 0 radical (unpaired) electrons. The van der Waals surface area contributed by atoms with Crippen molar-refractivity contribution < 1.29 is 17.9 Å². The van der Waals surface area contributed by atoms with Crippen LogP contribution in [-0.4, -0.2) is 21.1 Å². The van der Waals surface area contributed by atoms with Crippen molar-refractivity contribution in [2.24, 2.45) is 0 Å². The fourth-order valence-corrected chi connectivity index (χ4v) is 2.09. The summed E-state index contributed by atoms with van der Waals surface area (Å²) in [7, 11) is 0. The first kappa shape index (κ1) is 15.0. The molecule has 1 aromatic carbocycles. The number of aromatic amines is 1. The molecule has 0 aliphatic carbocycles. The van der Waals surface area contributed by atoms with Crippen LogP contribution in [0.1, 0.15) is 11.7 Å². The van der Waals surface area contributed by atoms with Crippen molar-refractivity contribution in [3.05, 3.63) is 64.7 Å². The predicted octanol–water partition coefficient (Wildman–Crippen LogP) is 3.00. The Morgan fingerprint density at radius 1 is 1.13 bits per heavy atom. The lowest BCUT2D eigenvalue weighted by molar-refractivity contribution is -0.199. The lowest BCUT2D eigenvalue weighted by Gasteiger charge is -2.21. The summed E-state index contributed by atoms with van der Waals surface area (Å²) in [5, 5.41) is 0.218. The van der Waals surface area contributed by atoms with Gasteiger partial charge in [0, 0.05) is 11.8 Å². The van der Waals surface area contributed by atoms with E-state index in [1.165, 1.54) is 42.7 Å². The molecule has 1 N–H and O–H groups in total. The van der Waals surface area contributed by atoms with Crippen molar-refractivity contribution in [3.63, 3.8) is 0 Å². The monoisotopic (exact) mass is 321 g/mol. The quantitative estimate of drug-likeness (QED) is 0.805. The van der Waals surface area contributed by atoms with Crippen LogP contribution >= 0.6 is 0 Å². The molecule has 3 rings (SSSR count). The molecule has 2 heterocycles. The van der Waals surface area contributed by atoms with E-state index in [1.807, 2.05) is 0 Å². The lowest BCUT2D eigenvalue weighted by atomic mass is 10.1. The minimum atomic E-state index is -4.66. The molecule has 0 amide bonds. The molecule has 8 heteroatoms. The highest BCUT2D eigenvalue weighted by molar-refractivity contribution is 5.76. The molecule has 23 heavy (non-hydrogen) atoms. The molecule has 0 fully saturated rings. The average Bonchev–Trinajstić information content (AvgIpc) is 2.52. The number of benzene rings is 1. The third-order valence-corrected chi connectivity index (χ3v) is 3.12. The van der Waals surface area contributed by atoms with Gasteiger partial charge in [-0.25, -0.2) is 0 Å². The Kier molecular flexibility index (Phi) is 3.73. The van der Waals surface area contributed by atoms with Gasteiger partial charge in [0.2, 0.25) is 6.10 Å². The molecule has 0 aliphatic rings. The Morgan fingerprint density at radius 3 is 2.57 bits per heavy atom. The fourth-order valence-electron chi connectivity index (χ4n) is 2.09. The topological polar surface area (TPSA) is 67.9 Å². The molecule has 2 aromatic heterocycles. The summed E-state index contributed by atoms with van der Waals surface area (Å²) < 4.78 is 44.7. The number of ether oxygens (including phenoxy) is 1. The van der Waals surface area contributed by atoms with E-state index in [9.17, 15) is 18.0 Å². The molecule has 5 nitrogen and oxygen atoms in total. The van der Waals surface area contributed by atoms with E-state index >= 15 is 0 Å². The van der Waals surface area contributed by atoms with Gasteiger partial charge in [0.1, 0.15) is 0 Å². The van der Waals surface area contributed by atoms with Crippen molar-refractivity contribution in [1.82, 2.24) is 15.0 Å². The smallest absolute Gasteiger partial charge is 0.429 e. The predicted molar refractivity (Wildman–Crippen MR) is 76.0 cm³/mol. The zero-order chi connectivity index (χ0) is 16.4. The summed E-state index contributed by atoms with van der Waals surface area (Å²) in [6.45, 7) is 0. The molecule has 0 saturated heterocycles. The number of aromatic nitrogens is 3. The van der Waals surface area contributed by atoms with Crippen LogP contribution in [0.25, 0.3) is 10.9 Å². The van der Waals surface area contributed by atoms with Gasteiger partial charge in [0.25, 0.3) is 11.6 Å². The fraction of sp³-hybridized carbons (Fsp3) is 0.133. The standard InChI is InChI=1S/C15H10F3N3O2/c16-15(17,18)12(9-4-2-1-3-5-9)23-14-20-11-8-19-7-6-10(11)13(22)21-14/h1-8,12H,(H,20,21,22)/t12-/m0/s1. The van der Waals surface area contributed by atoms with Crippen LogP contribution in [0, 0.1) is 0 Å². The van der Waals surface area contributed by atoms with Crippen LogP contribution in [0.2, 0.25) is 0 Å². The number of alkyl halides is 3. The summed E-state index contributed by atoms with van der Waals surface area (Å²) in [5.41, 5.74) is -0.532. The number of nitrogens with one attached hydrogen (secondary N) is 1. The third-order valence-electron chi connectivity index (χ3n) is 3.12. The van der Waals surface area contributed by atoms with E-state index in [0.29, 0.717) is 0 Å². The Bertz CT molecular complexity index is 878. The largest absolute Gasteiger partial charge is 0.447 e. The molecule has 0 unspecified atom stereocenters. The van der Waals surface area contributed by atoms with Gasteiger partial charge < -0.3 is 4.74 Å². The van der Waals surface area contributed by atoms with Crippen molar-refractivity contribution in [2.45, 2.75) is 12.3 Å². The van der Waals surface area contributed by atoms with Gasteiger partial charge in [-0.2, -0.15) is 18.2 Å². The molecule has 118 valence electrons. The number of hydrogen-bond donors (Lipinski definition) is 1. The van der Waals surface area contributed by atoms with Gasteiger partial charge >= 0.3 is 6.18 Å². The molecular formula is C15H10F3N3O2. The minimum absolute atomic E-state index is 0.0890. The number of halogens is 3. The van der Waals surface area contributed by atoms with Crippen molar-refractivity contribution in [1.29, 1.82) is 0 Å². The highest BCUT2D eigenvalue weighted by Crippen LogP contribution is 2.35. The SMILES string of the molecule is O=c1[nH]c(O[C@@H](c2ccccc2)C(F)(F)F)nc2cnccc12. The summed E-state index contributed by atoms with van der Waals surface area (Å²) >= 11 is 0. The van der Waals surface area contributed by atoms with Gasteiger partial charge in [0.15, 0.2) is 0 Å². The highest BCUT2D eigenvalue weighted by atomic mass is 19.4. The molecule has 0 aliphatic heterocycles. The molecule has 0 bridgehead atoms. The number of fused-ring (bicyclic) bond motifs is 1. The van der Waals surface area contributed by atoms with Crippen LogP contribution in [0.4, 0.5) is 13.2 Å². The first-order valence-electron chi connectivity index (χ1n) is 6.57. The average molecular weight is 321 g/mol. The van der Waals surface area contributed by atoms with Crippen molar-refractivity contribution in [2.75, 3.05) is 0 Å². The van der Waals surface area contributed by atoms with E-state index in [0.717, 1.165) is 0 Å². The molecular weight excluding hydrogens is 311 g/mol. The Labute approximate surface area is 127 Å². The van der Waals surface area contributed by atoms with E-state index in [-0.39, 0.29) is 16.5 Å². The molecule has 3 aromatic rings. The van der Waals surface area contributed by atoms with Gasteiger partial charge in [-0.3, -0.25) is 14.8 Å². The number of hydrogen-bond acceptors (Lipinski definition) is 4. The first-order chi connectivity index (χ1) is 10.9. The van der Waals surface area contributed by atoms with Gasteiger partial charge in [-0.1, -0.05) is 30.3 Å². The lowest BCUT2D eigenvalue weighted by Crippen LogP contribution is -2.27. The third kappa shape index (κ3) is 3.15. The number of H-pyrrole nitrogens is 1. The molecule has 0 saturated carbocycles. The maximum atomic E-state index is 13.2. The van der Waals surface area contributed by atoms with Gasteiger partial charge in [-0.15, -0.1) is 0 Å².